The van der Waals surface area contributed by atoms with Crippen LogP contribution in [0.2, 0.25) is 5.02 Å². The molecule has 0 aromatic heterocycles. The Labute approximate surface area is 100 Å². The first-order valence-electron chi connectivity index (χ1n) is 4.95. The highest BCUT2D eigenvalue weighted by atomic mass is 35.5. The number of carbonyl (C=O) groups excluding carboxylic acids is 1. The van der Waals surface area contributed by atoms with E-state index < -0.39 is 5.41 Å². The summed E-state index contributed by atoms with van der Waals surface area (Å²) in [6.45, 7) is 5.28. The molecule has 16 heavy (non-hydrogen) atoms. The zero-order chi connectivity index (χ0) is 12.2. The molecule has 0 bridgehead atoms. The van der Waals surface area contributed by atoms with Crippen LogP contribution in [0, 0.1) is 5.41 Å². The average molecular weight is 243 g/mol. The van der Waals surface area contributed by atoms with Gasteiger partial charge in [-0.25, -0.2) is 0 Å². The van der Waals surface area contributed by atoms with E-state index >= 15 is 0 Å². The van der Waals surface area contributed by atoms with Crippen LogP contribution in [0.3, 0.4) is 0 Å². The smallest absolute Gasteiger partial charge is 0.314 e. The van der Waals surface area contributed by atoms with Gasteiger partial charge < -0.3 is 9.47 Å². The standard InChI is InChI=1S/C12H15ClO3/c1-12(2,3)11(14)16-8-15-10-6-4-9(13)5-7-10/h4-7H,8H2,1-3H3. The SMILES string of the molecule is CC(C)(C)C(=O)OCOc1ccc(Cl)cc1. The van der Waals surface area contributed by atoms with Crippen molar-refractivity contribution in [3.8, 4) is 5.75 Å². The van der Waals surface area contributed by atoms with Gasteiger partial charge in [0.05, 0.1) is 5.41 Å². The monoisotopic (exact) mass is 242 g/mol. The lowest BCUT2D eigenvalue weighted by Gasteiger charge is -2.16. The number of hydrogen-bond acceptors (Lipinski definition) is 3. The number of hydrogen-bond donors (Lipinski definition) is 0. The molecule has 1 aromatic carbocycles. The van der Waals surface area contributed by atoms with E-state index in [4.69, 9.17) is 21.1 Å². The Hall–Kier alpha value is -1.22. The third-order valence-electron chi connectivity index (χ3n) is 1.84. The number of carbonyl (C=O) groups is 1. The second-order valence-electron chi connectivity index (χ2n) is 4.40. The lowest BCUT2D eigenvalue weighted by atomic mass is 9.98. The molecule has 88 valence electrons. The van der Waals surface area contributed by atoms with Crippen molar-refractivity contribution in [2.24, 2.45) is 5.41 Å². The topological polar surface area (TPSA) is 35.5 Å². The Balaban J connectivity index is 2.36. The lowest BCUT2D eigenvalue weighted by molar-refractivity contribution is -0.159. The van der Waals surface area contributed by atoms with Crippen LogP contribution in [-0.2, 0) is 9.53 Å². The number of esters is 1. The maximum absolute atomic E-state index is 11.4. The maximum Gasteiger partial charge on any atom is 0.314 e. The third kappa shape index (κ3) is 4.11. The molecule has 0 fully saturated rings. The van der Waals surface area contributed by atoms with Crippen LogP contribution in [0.1, 0.15) is 20.8 Å². The van der Waals surface area contributed by atoms with Crippen molar-refractivity contribution >= 4 is 17.6 Å². The Morgan fingerprint density at radius 2 is 1.81 bits per heavy atom. The van der Waals surface area contributed by atoms with E-state index in [1.807, 2.05) is 0 Å². The van der Waals surface area contributed by atoms with Gasteiger partial charge in [0.15, 0.2) is 0 Å². The largest absolute Gasteiger partial charge is 0.457 e. The molecule has 1 aromatic rings. The van der Waals surface area contributed by atoms with Gasteiger partial charge in [-0.2, -0.15) is 0 Å². The van der Waals surface area contributed by atoms with E-state index in [2.05, 4.69) is 0 Å². The molecule has 0 saturated carbocycles. The summed E-state index contributed by atoms with van der Waals surface area (Å²) in [6.07, 6.45) is 0. The van der Waals surface area contributed by atoms with Crippen LogP contribution < -0.4 is 4.74 Å². The van der Waals surface area contributed by atoms with E-state index in [0.717, 1.165) is 0 Å². The summed E-state index contributed by atoms with van der Waals surface area (Å²) in [7, 11) is 0. The van der Waals surface area contributed by atoms with Gasteiger partial charge in [-0.05, 0) is 45.0 Å². The first-order chi connectivity index (χ1) is 7.39. The number of halogens is 1. The minimum atomic E-state index is -0.511. The molecular weight excluding hydrogens is 228 g/mol. The molecule has 0 aliphatic heterocycles. The van der Waals surface area contributed by atoms with Gasteiger partial charge in [-0.3, -0.25) is 4.79 Å². The predicted molar refractivity (Wildman–Crippen MR) is 62.5 cm³/mol. The summed E-state index contributed by atoms with van der Waals surface area (Å²) in [5, 5.41) is 0.638. The van der Waals surface area contributed by atoms with Gasteiger partial charge in [-0.1, -0.05) is 11.6 Å². The number of benzene rings is 1. The van der Waals surface area contributed by atoms with Crippen molar-refractivity contribution in [2.45, 2.75) is 20.8 Å². The minimum absolute atomic E-state index is 0.0856. The van der Waals surface area contributed by atoms with Gasteiger partial charge in [0, 0.05) is 5.02 Å². The summed E-state index contributed by atoms with van der Waals surface area (Å²) in [6, 6.07) is 6.85. The molecule has 0 saturated heterocycles. The van der Waals surface area contributed by atoms with Gasteiger partial charge in [-0.15, -0.1) is 0 Å². The lowest BCUT2D eigenvalue weighted by Crippen LogP contribution is -2.24. The van der Waals surface area contributed by atoms with Crippen LogP contribution in [0.4, 0.5) is 0 Å². The highest BCUT2D eigenvalue weighted by molar-refractivity contribution is 6.30. The predicted octanol–water partition coefficient (Wildman–Crippen LogP) is 3.27. The van der Waals surface area contributed by atoms with Crippen LogP contribution in [0.15, 0.2) is 24.3 Å². The average Bonchev–Trinajstić information content (AvgIpc) is 2.19. The molecule has 0 unspecified atom stereocenters. The Morgan fingerprint density at radius 1 is 1.25 bits per heavy atom. The van der Waals surface area contributed by atoms with E-state index in [0.29, 0.717) is 10.8 Å². The quantitative estimate of drug-likeness (QED) is 0.603. The normalized spacial score (nSPS) is 11.0. The van der Waals surface area contributed by atoms with Crippen molar-refractivity contribution in [3.05, 3.63) is 29.3 Å². The van der Waals surface area contributed by atoms with Crippen LogP contribution in [-0.4, -0.2) is 12.8 Å². The molecular formula is C12H15ClO3. The minimum Gasteiger partial charge on any atom is -0.457 e. The molecule has 0 amide bonds. The first kappa shape index (κ1) is 12.8. The summed E-state index contributed by atoms with van der Waals surface area (Å²) in [5.41, 5.74) is -0.511. The van der Waals surface area contributed by atoms with Crippen LogP contribution in [0.25, 0.3) is 0 Å². The highest BCUT2D eigenvalue weighted by Gasteiger charge is 2.22. The summed E-state index contributed by atoms with van der Waals surface area (Å²) in [4.78, 5) is 11.4. The fourth-order valence-corrected chi connectivity index (χ4v) is 1.02. The Morgan fingerprint density at radius 3 is 2.31 bits per heavy atom. The molecule has 1 rings (SSSR count). The zero-order valence-electron chi connectivity index (χ0n) is 9.62. The third-order valence-corrected chi connectivity index (χ3v) is 2.09. The molecule has 0 aliphatic rings. The first-order valence-corrected chi connectivity index (χ1v) is 5.33. The van der Waals surface area contributed by atoms with Crippen molar-refractivity contribution in [1.82, 2.24) is 0 Å². The summed E-state index contributed by atoms with van der Waals surface area (Å²) in [5.74, 6) is 0.326. The molecule has 0 heterocycles. The van der Waals surface area contributed by atoms with Crippen LogP contribution >= 0.6 is 11.6 Å². The molecule has 0 N–H and O–H groups in total. The van der Waals surface area contributed by atoms with E-state index in [1.165, 1.54) is 0 Å². The zero-order valence-corrected chi connectivity index (χ0v) is 10.4. The molecule has 0 radical (unpaired) electrons. The molecule has 4 heteroatoms. The van der Waals surface area contributed by atoms with Crippen molar-refractivity contribution in [2.75, 3.05) is 6.79 Å². The molecule has 3 nitrogen and oxygen atoms in total. The fraction of sp³-hybridized carbons (Fsp3) is 0.417. The number of ether oxygens (including phenoxy) is 2. The summed E-state index contributed by atoms with van der Waals surface area (Å²) >= 11 is 5.72. The van der Waals surface area contributed by atoms with Gasteiger partial charge in [0.1, 0.15) is 5.75 Å². The van der Waals surface area contributed by atoms with E-state index in [-0.39, 0.29) is 12.8 Å². The van der Waals surface area contributed by atoms with Gasteiger partial charge >= 0.3 is 5.97 Å². The maximum atomic E-state index is 11.4. The highest BCUT2D eigenvalue weighted by Crippen LogP contribution is 2.17. The van der Waals surface area contributed by atoms with Crippen molar-refractivity contribution in [3.63, 3.8) is 0 Å². The Bertz CT molecular complexity index is 352. The Kier molecular flexibility index (Phi) is 4.19. The number of rotatable bonds is 3. The van der Waals surface area contributed by atoms with Gasteiger partial charge in [0.25, 0.3) is 0 Å². The molecule has 0 atom stereocenters. The second kappa shape index (κ2) is 5.21. The molecule has 0 spiro atoms. The van der Waals surface area contributed by atoms with E-state index in [9.17, 15) is 4.79 Å². The molecule has 0 aliphatic carbocycles. The van der Waals surface area contributed by atoms with E-state index in [1.54, 1.807) is 45.0 Å². The van der Waals surface area contributed by atoms with Crippen molar-refractivity contribution in [1.29, 1.82) is 0 Å². The second-order valence-corrected chi connectivity index (χ2v) is 4.83. The van der Waals surface area contributed by atoms with Crippen LogP contribution in [0.5, 0.6) is 5.75 Å². The fourth-order valence-electron chi connectivity index (χ4n) is 0.898. The summed E-state index contributed by atoms with van der Waals surface area (Å²) < 4.78 is 10.2. The van der Waals surface area contributed by atoms with Crippen molar-refractivity contribution < 1.29 is 14.3 Å². The van der Waals surface area contributed by atoms with Gasteiger partial charge in [0.2, 0.25) is 6.79 Å².